The van der Waals surface area contributed by atoms with Gasteiger partial charge in [-0.05, 0) is 30.7 Å². The molecule has 0 unspecified atom stereocenters. The predicted octanol–water partition coefficient (Wildman–Crippen LogP) is 4.34. The Morgan fingerprint density at radius 2 is 1.62 bits per heavy atom. The number of rotatable bonds is 2. The quantitative estimate of drug-likeness (QED) is 0.754. The number of aryl methyl sites for hydroxylation is 1. The molecule has 3 rings (SSSR count). The van der Waals surface area contributed by atoms with Crippen LogP contribution in [0.5, 0.6) is 0 Å². The van der Waals surface area contributed by atoms with Gasteiger partial charge in [-0.2, -0.15) is 23.3 Å². The fourth-order valence-electron chi connectivity index (χ4n) is 2.33. The van der Waals surface area contributed by atoms with Crippen LogP contribution < -0.4 is 5.01 Å². The van der Waals surface area contributed by atoms with Crippen molar-refractivity contribution < 1.29 is 18.0 Å². The summed E-state index contributed by atoms with van der Waals surface area (Å²) in [6, 6.07) is 14.9. The van der Waals surface area contributed by atoms with Gasteiger partial charge in [-0.15, -0.1) is 0 Å². The van der Waals surface area contributed by atoms with Crippen LogP contribution in [-0.2, 0) is 4.79 Å². The van der Waals surface area contributed by atoms with E-state index in [1.165, 1.54) is 18.2 Å². The number of carbonyl (C=O) groups is 1. The zero-order valence-electron chi connectivity index (χ0n) is 12.7. The minimum atomic E-state index is -4.71. The van der Waals surface area contributed by atoms with Crippen molar-refractivity contribution in [2.24, 2.45) is 5.10 Å². The molecule has 0 spiro atoms. The van der Waals surface area contributed by atoms with Crippen LogP contribution in [0, 0.1) is 6.92 Å². The fourth-order valence-corrected chi connectivity index (χ4v) is 2.33. The maximum absolute atomic E-state index is 13.3. The highest BCUT2D eigenvalue weighted by Gasteiger charge is 2.46. The van der Waals surface area contributed by atoms with Gasteiger partial charge in [0, 0.05) is 0 Å². The second-order valence-corrected chi connectivity index (χ2v) is 5.37. The normalized spacial score (nSPS) is 16.7. The highest BCUT2D eigenvalue weighted by atomic mass is 19.4. The molecule has 0 N–H and O–H groups in total. The molecule has 1 heterocycles. The third-order valence-electron chi connectivity index (χ3n) is 3.54. The van der Waals surface area contributed by atoms with Crippen LogP contribution in [0.15, 0.2) is 65.3 Å². The Morgan fingerprint density at radius 3 is 2.21 bits per heavy atom. The zero-order valence-corrected chi connectivity index (χ0v) is 12.7. The number of hydrogen-bond donors (Lipinski definition) is 0. The van der Waals surface area contributed by atoms with E-state index in [9.17, 15) is 18.0 Å². The number of nitrogens with zero attached hydrogens (tertiary/aromatic N) is 2. The molecule has 0 aromatic heterocycles. The minimum absolute atomic E-state index is 0.288. The molecule has 0 atom stereocenters. The highest BCUT2D eigenvalue weighted by Crippen LogP contribution is 2.32. The molecule has 0 saturated heterocycles. The molecule has 3 nitrogen and oxygen atoms in total. The number of halogens is 3. The summed E-state index contributed by atoms with van der Waals surface area (Å²) < 4.78 is 39.9. The number of amides is 1. The van der Waals surface area contributed by atoms with Gasteiger partial charge in [-0.25, -0.2) is 0 Å². The maximum atomic E-state index is 13.3. The molecule has 0 fully saturated rings. The number of hydrogen-bond acceptors (Lipinski definition) is 2. The van der Waals surface area contributed by atoms with Gasteiger partial charge in [-0.3, -0.25) is 4.79 Å². The monoisotopic (exact) mass is 330 g/mol. The number of carbonyl (C=O) groups excluding carboxylic acids is 1. The second kappa shape index (κ2) is 5.96. The van der Waals surface area contributed by atoms with Crippen LogP contribution in [0.25, 0.3) is 6.08 Å². The first-order valence-electron chi connectivity index (χ1n) is 7.20. The van der Waals surface area contributed by atoms with E-state index in [0.29, 0.717) is 5.56 Å². The molecule has 1 amide bonds. The first-order valence-corrected chi connectivity index (χ1v) is 7.20. The molecule has 0 saturated carbocycles. The van der Waals surface area contributed by atoms with Crippen LogP contribution in [-0.4, -0.2) is 17.8 Å². The summed E-state index contributed by atoms with van der Waals surface area (Å²) in [5.74, 6) is -0.797. The predicted molar refractivity (Wildman–Crippen MR) is 86.6 cm³/mol. The summed E-state index contributed by atoms with van der Waals surface area (Å²) in [5.41, 5.74) is 0.130. The van der Waals surface area contributed by atoms with E-state index >= 15 is 0 Å². The van der Waals surface area contributed by atoms with E-state index in [0.717, 1.165) is 10.6 Å². The maximum Gasteiger partial charge on any atom is 0.435 e. The summed E-state index contributed by atoms with van der Waals surface area (Å²) in [4.78, 5) is 12.5. The van der Waals surface area contributed by atoms with Gasteiger partial charge in [0.2, 0.25) is 0 Å². The van der Waals surface area contributed by atoms with E-state index in [2.05, 4.69) is 5.10 Å². The molecule has 0 bridgehead atoms. The average molecular weight is 330 g/mol. The standard InChI is InChI=1S/C18H13F3N2O/c1-12-7-9-13(10-8-12)11-15-16(18(19,20)21)22-23(17(15)24)14-5-3-2-4-6-14/h2-11H,1H3/b15-11-. The molecule has 1 aliphatic heterocycles. The van der Waals surface area contributed by atoms with E-state index in [1.54, 1.807) is 42.5 Å². The summed E-state index contributed by atoms with van der Waals surface area (Å²) in [6.45, 7) is 1.87. The van der Waals surface area contributed by atoms with Crippen molar-refractivity contribution >= 4 is 23.4 Å². The van der Waals surface area contributed by atoms with Crippen molar-refractivity contribution in [3.8, 4) is 0 Å². The van der Waals surface area contributed by atoms with Gasteiger partial charge in [0.25, 0.3) is 5.91 Å². The Bertz CT molecular complexity index is 822. The van der Waals surface area contributed by atoms with Crippen molar-refractivity contribution in [1.82, 2.24) is 0 Å². The summed E-state index contributed by atoms with van der Waals surface area (Å²) >= 11 is 0. The van der Waals surface area contributed by atoms with Crippen molar-refractivity contribution in [3.05, 3.63) is 71.3 Å². The van der Waals surface area contributed by atoms with Gasteiger partial charge in [-0.1, -0.05) is 48.0 Å². The Morgan fingerprint density at radius 1 is 1.00 bits per heavy atom. The van der Waals surface area contributed by atoms with Crippen LogP contribution in [0.4, 0.5) is 18.9 Å². The number of hydrazone groups is 1. The van der Waals surface area contributed by atoms with E-state index in [4.69, 9.17) is 0 Å². The van der Waals surface area contributed by atoms with Gasteiger partial charge in [0.05, 0.1) is 11.3 Å². The molecular weight excluding hydrogens is 317 g/mol. The van der Waals surface area contributed by atoms with Crippen LogP contribution in [0.1, 0.15) is 11.1 Å². The number of benzene rings is 2. The Hall–Kier alpha value is -2.89. The van der Waals surface area contributed by atoms with Crippen molar-refractivity contribution in [1.29, 1.82) is 0 Å². The lowest BCUT2D eigenvalue weighted by atomic mass is 10.0. The second-order valence-electron chi connectivity index (χ2n) is 5.37. The highest BCUT2D eigenvalue weighted by molar-refractivity contribution is 6.34. The topological polar surface area (TPSA) is 32.7 Å². The SMILES string of the molecule is Cc1ccc(/C=C2\C(=O)N(c3ccccc3)N=C2C(F)(F)F)cc1. The van der Waals surface area contributed by atoms with Gasteiger partial charge in [0.1, 0.15) is 0 Å². The molecule has 2 aromatic carbocycles. The molecular formula is C18H13F3N2O. The van der Waals surface area contributed by atoms with Crippen LogP contribution >= 0.6 is 0 Å². The lowest BCUT2D eigenvalue weighted by molar-refractivity contribution is -0.114. The average Bonchev–Trinajstić information content (AvgIpc) is 2.88. The van der Waals surface area contributed by atoms with Crippen molar-refractivity contribution in [3.63, 3.8) is 0 Å². The Balaban J connectivity index is 2.06. The van der Waals surface area contributed by atoms with E-state index < -0.39 is 23.4 Å². The molecule has 6 heteroatoms. The third kappa shape index (κ3) is 3.08. The van der Waals surface area contributed by atoms with Gasteiger partial charge >= 0.3 is 6.18 Å². The number of alkyl halides is 3. The minimum Gasteiger partial charge on any atom is -0.267 e. The van der Waals surface area contributed by atoms with E-state index in [-0.39, 0.29) is 5.69 Å². The molecule has 122 valence electrons. The molecule has 2 aromatic rings. The smallest absolute Gasteiger partial charge is 0.267 e. The van der Waals surface area contributed by atoms with Crippen LogP contribution in [0.3, 0.4) is 0 Å². The van der Waals surface area contributed by atoms with Crippen molar-refractivity contribution in [2.45, 2.75) is 13.1 Å². The fraction of sp³-hybridized carbons (Fsp3) is 0.111. The molecule has 0 aliphatic carbocycles. The van der Waals surface area contributed by atoms with E-state index in [1.807, 2.05) is 6.92 Å². The Labute approximate surface area is 136 Å². The third-order valence-corrected chi connectivity index (χ3v) is 3.54. The first kappa shape index (κ1) is 16.0. The van der Waals surface area contributed by atoms with Gasteiger partial charge in [0.15, 0.2) is 5.71 Å². The van der Waals surface area contributed by atoms with Crippen molar-refractivity contribution in [2.75, 3.05) is 5.01 Å². The first-order chi connectivity index (χ1) is 11.4. The summed E-state index contributed by atoms with van der Waals surface area (Å²) in [6.07, 6.45) is -3.49. The lowest BCUT2D eigenvalue weighted by Gasteiger charge is -2.10. The summed E-state index contributed by atoms with van der Waals surface area (Å²) in [7, 11) is 0. The number of para-hydroxylation sites is 1. The molecule has 1 aliphatic rings. The van der Waals surface area contributed by atoms with Gasteiger partial charge < -0.3 is 0 Å². The largest absolute Gasteiger partial charge is 0.435 e. The zero-order chi connectivity index (χ0) is 17.3. The molecule has 0 radical (unpaired) electrons. The Kier molecular flexibility index (Phi) is 3.97. The lowest BCUT2D eigenvalue weighted by Crippen LogP contribution is -2.25. The molecule has 24 heavy (non-hydrogen) atoms. The summed E-state index contributed by atoms with van der Waals surface area (Å²) in [5, 5.41) is 4.29. The number of anilines is 1. The van der Waals surface area contributed by atoms with Crippen LogP contribution in [0.2, 0.25) is 0 Å².